The SMILES string of the molecule is CC(=O)NCC=Cc1ccc(N2CCC(O)CC2)cc1. The van der Waals surface area contributed by atoms with Gasteiger partial charge in [0.1, 0.15) is 0 Å². The number of carbonyl (C=O) groups is 1. The highest BCUT2D eigenvalue weighted by Gasteiger charge is 2.16. The maximum Gasteiger partial charge on any atom is 0.217 e. The smallest absolute Gasteiger partial charge is 0.217 e. The van der Waals surface area contributed by atoms with Gasteiger partial charge in [0.05, 0.1) is 6.10 Å². The maximum absolute atomic E-state index is 10.7. The highest BCUT2D eigenvalue weighted by molar-refractivity contribution is 5.73. The Bertz CT molecular complexity index is 460. The summed E-state index contributed by atoms with van der Waals surface area (Å²) in [6, 6.07) is 8.36. The van der Waals surface area contributed by atoms with Crippen molar-refractivity contribution in [1.82, 2.24) is 5.32 Å². The van der Waals surface area contributed by atoms with E-state index in [-0.39, 0.29) is 12.0 Å². The predicted octanol–water partition coefficient (Wildman–Crippen LogP) is 1.80. The van der Waals surface area contributed by atoms with Crippen molar-refractivity contribution in [3.63, 3.8) is 0 Å². The molecule has 1 aromatic rings. The van der Waals surface area contributed by atoms with Crippen LogP contribution in [0.4, 0.5) is 5.69 Å². The van der Waals surface area contributed by atoms with Crippen molar-refractivity contribution in [2.75, 3.05) is 24.5 Å². The summed E-state index contributed by atoms with van der Waals surface area (Å²) in [6.45, 7) is 3.90. The number of hydrogen-bond acceptors (Lipinski definition) is 3. The Kier molecular flexibility index (Phi) is 5.18. The van der Waals surface area contributed by atoms with Gasteiger partial charge in [0.25, 0.3) is 0 Å². The Morgan fingerprint density at radius 1 is 1.35 bits per heavy atom. The fourth-order valence-electron chi connectivity index (χ4n) is 2.32. The highest BCUT2D eigenvalue weighted by atomic mass is 16.3. The highest BCUT2D eigenvalue weighted by Crippen LogP contribution is 2.20. The zero-order chi connectivity index (χ0) is 14.4. The molecule has 20 heavy (non-hydrogen) atoms. The molecular formula is C16H22N2O2. The molecule has 1 saturated heterocycles. The molecule has 4 nitrogen and oxygen atoms in total. The molecule has 2 rings (SSSR count). The first-order valence-corrected chi connectivity index (χ1v) is 7.09. The lowest BCUT2D eigenvalue weighted by atomic mass is 10.1. The number of nitrogens with one attached hydrogen (secondary N) is 1. The molecule has 1 fully saturated rings. The lowest BCUT2D eigenvalue weighted by Crippen LogP contribution is -2.35. The Morgan fingerprint density at radius 3 is 2.60 bits per heavy atom. The quantitative estimate of drug-likeness (QED) is 0.880. The van der Waals surface area contributed by atoms with E-state index in [4.69, 9.17) is 0 Å². The summed E-state index contributed by atoms with van der Waals surface area (Å²) in [6.07, 6.45) is 5.49. The van der Waals surface area contributed by atoms with Gasteiger partial charge < -0.3 is 15.3 Å². The van der Waals surface area contributed by atoms with E-state index in [1.807, 2.05) is 12.2 Å². The first-order valence-electron chi connectivity index (χ1n) is 7.09. The van der Waals surface area contributed by atoms with Crippen LogP contribution >= 0.6 is 0 Å². The zero-order valence-electron chi connectivity index (χ0n) is 11.9. The van der Waals surface area contributed by atoms with Crippen molar-refractivity contribution in [3.8, 4) is 0 Å². The Labute approximate surface area is 120 Å². The second kappa shape index (κ2) is 7.10. The number of aliphatic hydroxyl groups excluding tert-OH is 1. The molecule has 0 aliphatic carbocycles. The number of anilines is 1. The van der Waals surface area contributed by atoms with Gasteiger partial charge in [0.2, 0.25) is 5.91 Å². The molecule has 0 unspecified atom stereocenters. The van der Waals surface area contributed by atoms with Crippen LogP contribution in [0.2, 0.25) is 0 Å². The lowest BCUT2D eigenvalue weighted by Gasteiger charge is -2.31. The van der Waals surface area contributed by atoms with Gasteiger partial charge in [-0.3, -0.25) is 4.79 Å². The monoisotopic (exact) mass is 274 g/mol. The van der Waals surface area contributed by atoms with Gasteiger partial charge in [-0.1, -0.05) is 24.3 Å². The fourth-order valence-corrected chi connectivity index (χ4v) is 2.32. The second-order valence-corrected chi connectivity index (χ2v) is 5.15. The summed E-state index contributed by atoms with van der Waals surface area (Å²) in [4.78, 5) is 13.0. The van der Waals surface area contributed by atoms with Gasteiger partial charge in [-0.15, -0.1) is 0 Å². The molecule has 1 aromatic carbocycles. The molecule has 1 amide bonds. The van der Waals surface area contributed by atoms with Crippen LogP contribution in [0.3, 0.4) is 0 Å². The first kappa shape index (κ1) is 14.6. The Morgan fingerprint density at radius 2 is 2.00 bits per heavy atom. The topological polar surface area (TPSA) is 52.6 Å². The summed E-state index contributed by atoms with van der Waals surface area (Å²) in [5, 5.41) is 12.2. The van der Waals surface area contributed by atoms with E-state index >= 15 is 0 Å². The summed E-state index contributed by atoms with van der Waals surface area (Å²) in [5.41, 5.74) is 2.33. The Hall–Kier alpha value is -1.81. The van der Waals surface area contributed by atoms with Crippen molar-refractivity contribution < 1.29 is 9.90 Å². The molecule has 2 N–H and O–H groups in total. The summed E-state index contributed by atoms with van der Waals surface area (Å²) in [5.74, 6) is -0.0164. The Balaban J connectivity index is 1.88. The maximum atomic E-state index is 10.7. The van der Waals surface area contributed by atoms with E-state index in [9.17, 15) is 9.90 Å². The van der Waals surface area contributed by atoms with Crippen LogP contribution in [0.15, 0.2) is 30.3 Å². The molecule has 4 heteroatoms. The van der Waals surface area contributed by atoms with E-state index in [2.05, 4.69) is 34.5 Å². The van der Waals surface area contributed by atoms with Crippen LogP contribution in [0.1, 0.15) is 25.3 Å². The summed E-state index contributed by atoms with van der Waals surface area (Å²) in [7, 11) is 0. The average Bonchev–Trinajstić information content (AvgIpc) is 2.45. The number of benzene rings is 1. The van der Waals surface area contributed by atoms with E-state index in [0.717, 1.165) is 31.5 Å². The molecule has 0 bridgehead atoms. The summed E-state index contributed by atoms with van der Waals surface area (Å²) < 4.78 is 0. The molecule has 0 radical (unpaired) electrons. The van der Waals surface area contributed by atoms with E-state index in [1.165, 1.54) is 12.6 Å². The molecule has 1 aliphatic heterocycles. The van der Waals surface area contributed by atoms with Crippen molar-refractivity contribution in [1.29, 1.82) is 0 Å². The normalized spacial score (nSPS) is 16.6. The van der Waals surface area contributed by atoms with E-state index < -0.39 is 0 Å². The minimum absolute atomic E-state index is 0.0164. The van der Waals surface area contributed by atoms with Gasteiger partial charge >= 0.3 is 0 Å². The van der Waals surface area contributed by atoms with E-state index in [0.29, 0.717) is 6.54 Å². The number of nitrogens with zero attached hydrogens (tertiary/aromatic N) is 1. The van der Waals surface area contributed by atoms with Crippen molar-refractivity contribution >= 4 is 17.7 Å². The van der Waals surface area contributed by atoms with Gasteiger partial charge in [-0.2, -0.15) is 0 Å². The number of piperidine rings is 1. The van der Waals surface area contributed by atoms with Gasteiger partial charge in [-0.25, -0.2) is 0 Å². The van der Waals surface area contributed by atoms with Gasteiger partial charge in [-0.05, 0) is 30.5 Å². The van der Waals surface area contributed by atoms with Crippen LogP contribution in [0.25, 0.3) is 6.08 Å². The van der Waals surface area contributed by atoms with E-state index in [1.54, 1.807) is 0 Å². The van der Waals surface area contributed by atoms with Crippen LogP contribution in [0.5, 0.6) is 0 Å². The zero-order valence-corrected chi connectivity index (χ0v) is 11.9. The molecule has 1 heterocycles. The molecular weight excluding hydrogens is 252 g/mol. The number of amides is 1. The molecule has 0 atom stereocenters. The fraction of sp³-hybridized carbons (Fsp3) is 0.438. The van der Waals surface area contributed by atoms with Crippen LogP contribution in [0, 0.1) is 0 Å². The first-order chi connectivity index (χ1) is 9.65. The van der Waals surface area contributed by atoms with Crippen LogP contribution < -0.4 is 10.2 Å². The van der Waals surface area contributed by atoms with Gasteiger partial charge in [0, 0.05) is 32.2 Å². The third-order valence-electron chi connectivity index (χ3n) is 3.50. The van der Waals surface area contributed by atoms with Crippen LogP contribution in [-0.4, -0.2) is 36.8 Å². The number of rotatable bonds is 4. The third kappa shape index (κ3) is 4.38. The lowest BCUT2D eigenvalue weighted by molar-refractivity contribution is -0.118. The minimum Gasteiger partial charge on any atom is -0.393 e. The third-order valence-corrected chi connectivity index (χ3v) is 3.50. The average molecular weight is 274 g/mol. The van der Waals surface area contributed by atoms with Crippen molar-refractivity contribution in [2.24, 2.45) is 0 Å². The minimum atomic E-state index is -0.137. The molecule has 0 spiro atoms. The number of aliphatic hydroxyl groups is 1. The van der Waals surface area contributed by atoms with Crippen LogP contribution in [-0.2, 0) is 4.79 Å². The molecule has 0 aromatic heterocycles. The standard InChI is InChI=1S/C16H22N2O2/c1-13(19)17-10-2-3-14-4-6-15(7-5-14)18-11-8-16(20)9-12-18/h2-7,16,20H,8-12H2,1H3,(H,17,19). The van der Waals surface area contributed by atoms with Crippen molar-refractivity contribution in [2.45, 2.75) is 25.9 Å². The molecule has 108 valence electrons. The summed E-state index contributed by atoms with van der Waals surface area (Å²) >= 11 is 0. The van der Waals surface area contributed by atoms with Crippen molar-refractivity contribution in [3.05, 3.63) is 35.9 Å². The molecule has 1 aliphatic rings. The number of hydrogen-bond donors (Lipinski definition) is 2. The predicted molar refractivity (Wildman–Crippen MR) is 81.6 cm³/mol. The van der Waals surface area contributed by atoms with Gasteiger partial charge in [0.15, 0.2) is 0 Å². The largest absolute Gasteiger partial charge is 0.393 e. The second-order valence-electron chi connectivity index (χ2n) is 5.15. The number of carbonyl (C=O) groups excluding carboxylic acids is 1. The molecule has 0 saturated carbocycles.